The number of hydroxylamine groups is 2. The van der Waals surface area contributed by atoms with E-state index in [0.717, 1.165) is 44.5 Å². The molecular formula is C33H53ClN6O6. The highest BCUT2D eigenvalue weighted by Crippen LogP contribution is 2.31. The second kappa shape index (κ2) is 19.5. The molecule has 0 spiro atoms. The van der Waals surface area contributed by atoms with Crippen molar-refractivity contribution >= 4 is 36.5 Å². The molecule has 0 aliphatic carbocycles. The van der Waals surface area contributed by atoms with Crippen LogP contribution in [0.4, 0.5) is 9.59 Å². The summed E-state index contributed by atoms with van der Waals surface area (Å²) in [6.07, 6.45) is 3.56. The molecular weight excluding hydrogens is 612 g/mol. The number of urea groups is 1. The molecule has 13 heteroatoms. The molecule has 46 heavy (non-hydrogen) atoms. The monoisotopic (exact) mass is 664 g/mol. The molecule has 0 radical (unpaired) electrons. The van der Waals surface area contributed by atoms with Crippen molar-refractivity contribution in [1.29, 1.82) is 0 Å². The van der Waals surface area contributed by atoms with Crippen molar-refractivity contribution in [2.24, 2.45) is 15.9 Å². The number of ether oxygens (including phenoxy) is 2. The van der Waals surface area contributed by atoms with Gasteiger partial charge in [-0.3, -0.25) is 4.84 Å². The summed E-state index contributed by atoms with van der Waals surface area (Å²) in [5.74, 6) is -0.162. The molecule has 2 atom stereocenters. The Balaban J connectivity index is 0.000000528. The lowest BCUT2D eigenvalue weighted by molar-refractivity contribution is -0.151. The number of fused-ring (bicyclic) bond motifs is 2. The maximum absolute atomic E-state index is 12.9. The number of likely N-dealkylation sites (tertiary alicyclic amines) is 1. The summed E-state index contributed by atoms with van der Waals surface area (Å²) in [6, 6.07) is 11.4. The highest BCUT2D eigenvalue weighted by molar-refractivity contribution is 5.86. The molecule has 2 bridgehead atoms. The zero-order valence-corrected chi connectivity index (χ0v) is 29.2. The van der Waals surface area contributed by atoms with Crippen molar-refractivity contribution in [1.82, 2.24) is 19.8 Å². The first-order valence-electron chi connectivity index (χ1n) is 16.1. The van der Waals surface area contributed by atoms with Crippen molar-refractivity contribution in [2.45, 2.75) is 84.1 Å². The maximum Gasteiger partial charge on any atom is 0.410 e. The van der Waals surface area contributed by atoms with Gasteiger partial charge < -0.3 is 24.2 Å². The van der Waals surface area contributed by atoms with Crippen LogP contribution in [0.15, 0.2) is 40.3 Å². The molecule has 3 aliphatic rings. The number of rotatable bonds is 11. The van der Waals surface area contributed by atoms with Gasteiger partial charge >= 0.3 is 18.1 Å². The summed E-state index contributed by atoms with van der Waals surface area (Å²) in [6.45, 7) is 12.5. The minimum Gasteiger partial charge on any atom is -0.464 e. The van der Waals surface area contributed by atoms with Crippen molar-refractivity contribution in [2.75, 3.05) is 60.0 Å². The number of hydrogen-bond acceptors (Lipinski definition) is 9. The van der Waals surface area contributed by atoms with Gasteiger partial charge in [0.15, 0.2) is 0 Å². The first-order valence-corrected chi connectivity index (χ1v) is 16.1. The normalized spacial score (nSPS) is 19.5. The van der Waals surface area contributed by atoms with Crippen LogP contribution in [0.5, 0.6) is 0 Å². The average Bonchev–Trinajstić information content (AvgIpc) is 3.25. The number of carbonyl (C=O) groups excluding carboxylic acids is 3. The number of benzene rings is 1. The van der Waals surface area contributed by atoms with Gasteiger partial charge in [-0.1, -0.05) is 30.3 Å². The van der Waals surface area contributed by atoms with Crippen molar-refractivity contribution in [3.8, 4) is 0 Å². The molecule has 3 saturated heterocycles. The zero-order valence-electron chi connectivity index (χ0n) is 28.4. The van der Waals surface area contributed by atoms with Gasteiger partial charge in [-0.05, 0) is 91.9 Å². The van der Waals surface area contributed by atoms with Crippen LogP contribution in [-0.2, 0) is 25.7 Å². The number of nitrogens with zero attached hydrogens (tertiary/aromatic N) is 6. The third-order valence-corrected chi connectivity index (χ3v) is 7.71. The topological polar surface area (TPSA) is 117 Å². The van der Waals surface area contributed by atoms with E-state index in [2.05, 4.69) is 35.0 Å². The van der Waals surface area contributed by atoms with E-state index in [9.17, 15) is 14.4 Å². The summed E-state index contributed by atoms with van der Waals surface area (Å²) in [7, 11) is 4.12. The molecule has 4 rings (SSSR count). The first-order chi connectivity index (χ1) is 21.5. The molecule has 0 N–H and O–H groups in total. The number of halogens is 1. The number of piperidine rings is 2. The van der Waals surface area contributed by atoms with Crippen molar-refractivity contribution in [3.05, 3.63) is 35.9 Å². The van der Waals surface area contributed by atoms with Crippen LogP contribution in [-0.4, -0.2) is 122 Å². The quantitative estimate of drug-likeness (QED) is 0.183. The van der Waals surface area contributed by atoms with Gasteiger partial charge in [-0.15, -0.1) is 12.4 Å². The fourth-order valence-electron chi connectivity index (χ4n) is 5.30. The Morgan fingerprint density at radius 2 is 1.74 bits per heavy atom. The molecule has 0 aromatic heterocycles. The smallest absolute Gasteiger partial charge is 0.410 e. The van der Waals surface area contributed by atoms with Gasteiger partial charge in [-0.2, -0.15) is 5.06 Å². The molecule has 12 nitrogen and oxygen atoms in total. The van der Waals surface area contributed by atoms with Crippen molar-refractivity contribution in [3.63, 3.8) is 0 Å². The Morgan fingerprint density at radius 1 is 1.04 bits per heavy atom. The van der Waals surface area contributed by atoms with E-state index in [4.69, 9.17) is 14.3 Å². The molecule has 1 aromatic rings. The Hall–Kier alpha value is -3.18. The lowest BCUT2D eigenvalue weighted by atomic mass is 9.98. The van der Waals surface area contributed by atoms with Crippen LogP contribution in [0.2, 0.25) is 0 Å². The van der Waals surface area contributed by atoms with Crippen LogP contribution < -0.4 is 0 Å². The average molecular weight is 665 g/mol. The van der Waals surface area contributed by atoms with Gasteiger partial charge in [-0.25, -0.2) is 24.4 Å². The molecule has 3 heterocycles. The van der Waals surface area contributed by atoms with Gasteiger partial charge in [0, 0.05) is 26.2 Å². The number of hydrogen-bond donors (Lipinski definition) is 0. The fourth-order valence-corrected chi connectivity index (χ4v) is 5.30. The number of carbonyl (C=O) groups is 3. The van der Waals surface area contributed by atoms with Crippen LogP contribution in [0.25, 0.3) is 0 Å². The van der Waals surface area contributed by atoms with Crippen LogP contribution in [0.3, 0.4) is 0 Å². The van der Waals surface area contributed by atoms with Gasteiger partial charge in [0.2, 0.25) is 0 Å². The van der Waals surface area contributed by atoms with E-state index in [1.54, 1.807) is 9.80 Å². The predicted octanol–water partition coefficient (Wildman–Crippen LogP) is 5.13. The third-order valence-electron chi connectivity index (χ3n) is 7.71. The predicted molar refractivity (Wildman–Crippen MR) is 179 cm³/mol. The van der Waals surface area contributed by atoms with E-state index < -0.39 is 11.6 Å². The van der Waals surface area contributed by atoms with E-state index in [-0.39, 0.29) is 42.5 Å². The Kier molecular flexibility index (Phi) is 16.5. The molecule has 3 amide bonds. The lowest BCUT2D eigenvalue weighted by Crippen LogP contribution is -2.46. The molecule has 3 fully saturated rings. The largest absolute Gasteiger partial charge is 0.464 e. The fraction of sp³-hybridized carbons (Fsp3) is 0.697. The molecule has 0 saturated carbocycles. The van der Waals surface area contributed by atoms with E-state index in [1.807, 2.05) is 58.0 Å². The van der Waals surface area contributed by atoms with E-state index >= 15 is 0 Å². The lowest BCUT2D eigenvalue weighted by Gasteiger charge is -2.34. The highest BCUT2D eigenvalue weighted by Gasteiger charge is 2.48. The Labute approximate surface area is 280 Å². The first kappa shape index (κ1) is 39.0. The SMILES string of the molecule is CC(C)(C)OC(=O)N1CCC(COC(=O)[C@@H]2CC[C@@H]3CN2C(=O)N3OCc2ccccc2)CC1.CCN=C=NCCCN(C)C.Cl. The molecule has 3 aliphatic heterocycles. The van der Waals surface area contributed by atoms with E-state index in [0.29, 0.717) is 45.7 Å². The minimum absolute atomic E-state index is 0. The standard InChI is InChI=1S/C25H35N3O6.C8H17N3.ClH/c1-25(2,3)34-24(31)26-13-11-19(12-14-26)16-32-22(29)21-10-9-20-15-27(21)23(30)28(20)33-17-18-7-5-4-6-8-18;1-4-9-8-10-6-5-7-11(2)3;/h4-8,19-21H,9-17H2,1-3H3;4-7H2,1-3H3;1H/t20-,21+;;/m1../s1. The summed E-state index contributed by atoms with van der Waals surface area (Å²) in [5.41, 5.74) is 0.470. The van der Waals surface area contributed by atoms with Gasteiger partial charge in [0.1, 0.15) is 18.2 Å². The summed E-state index contributed by atoms with van der Waals surface area (Å²) < 4.78 is 11.1. The van der Waals surface area contributed by atoms with Gasteiger partial charge in [0.25, 0.3) is 0 Å². The summed E-state index contributed by atoms with van der Waals surface area (Å²) in [5, 5.41) is 1.42. The molecule has 0 unspecified atom stereocenters. The number of aliphatic imine (C=N–C) groups is 2. The highest BCUT2D eigenvalue weighted by atomic mass is 35.5. The van der Waals surface area contributed by atoms with Crippen LogP contribution in [0, 0.1) is 5.92 Å². The minimum atomic E-state index is -0.573. The molecule has 1 aromatic carbocycles. The van der Waals surface area contributed by atoms with Crippen molar-refractivity contribution < 1.29 is 28.7 Å². The van der Waals surface area contributed by atoms with E-state index in [1.165, 1.54) is 5.06 Å². The Morgan fingerprint density at radius 3 is 2.37 bits per heavy atom. The Bertz CT molecular complexity index is 1150. The summed E-state index contributed by atoms with van der Waals surface area (Å²) >= 11 is 0. The third kappa shape index (κ3) is 12.9. The number of amides is 3. The summed E-state index contributed by atoms with van der Waals surface area (Å²) in [4.78, 5) is 57.0. The zero-order chi connectivity index (χ0) is 32.8. The van der Waals surface area contributed by atoms with Crippen LogP contribution in [0.1, 0.15) is 65.4 Å². The number of esters is 1. The second-order valence-corrected chi connectivity index (χ2v) is 12.9. The maximum atomic E-state index is 12.9. The van der Waals surface area contributed by atoms with Crippen LogP contribution >= 0.6 is 12.4 Å². The van der Waals surface area contributed by atoms with Gasteiger partial charge in [0.05, 0.1) is 25.2 Å². The molecule has 258 valence electrons. The second-order valence-electron chi connectivity index (χ2n) is 12.9.